The van der Waals surface area contributed by atoms with Crippen LogP contribution in [0.5, 0.6) is 0 Å². The van der Waals surface area contributed by atoms with Gasteiger partial charge < -0.3 is 0 Å². The van der Waals surface area contributed by atoms with Gasteiger partial charge in [-0.1, -0.05) is 55.8 Å². The van der Waals surface area contributed by atoms with Crippen LogP contribution in [0.15, 0.2) is 42.5 Å². The van der Waals surface area contributed by atoms with Gasteiger partial charge >= 0.3 is 0 Å². The summed E-state index contributed by atoms with van der Waals surface area (Å²) in [6.07, 6.45) is 5.97. The van der Waals surface area contributed by atoms with Gasteiger partial charge in [-0.2, -0.15) is 0 Å². The molecule has 1 radical (unpaired) electrons. The standard InChI is InChI=1S/C19H23/c1-3-9-18-14-7-10-16(2)19(18)15-8-13-17-11-5-4-6-12-17/h4-7,11-12,14H,3,8-9,13,15H2,1-2H3. The Balaban J connectivity index is 1.99. The molecule has 0 fully saturated rings. The minimum Gasteiger partial charge on any atom is -0.0651 e. The molecule has 0 saturated heterocycles. The molecule has 99 valence electrons. The van der Waals surface area contributed by atoms with Gasteiger partial charge in [0.25, 0.3) is 0 Å². The van der Waals surface area contributed by atoms with Crippen LogP contribution in [0.25, 0.3) is 0 Å². The van der Waals surface area contributed by atoms with Crippen LogP contribution in [-0.4, -0.2) is 0 Å². The third-order valence-electron chi connectivity index (χ3n) is 3.68. The molecule has 0 aliphatic rings. The van der Waals surface area contributed by atoms with E-state index in [9.17, 15) is 0 Å². The van der Waals surface area contributed by atoms with E-state index >= 15 is 0 Å². The van der Waals surface area contributed by atoms with Crippen molar-refractivity contribution in [1.82, 2.24) is 0 Å². The van der Waals surface area contributed by atoms with Gasteiger partial charge in [0.05, 0.1) is 0 Å². The molecule has 0 aliphatic heterocycles. The van der Waals surface area contributed by atoms with Crippen molar-refractivity contribution in [3.63, 3.8) is 0 Å². The Morgan fingerprint density at radius 1 is 0.947 bits per heavy atom. The first-order valence-electron chi connectivity index (χ1n) is 7.34. The van der Waals surface area contributed by atoms with Crippen molar-refractivity contribution in [3.05, 3.63) is 70.8 Å². The molecule has 0 nitrogen and oxygen atoms in total. The Morgan fingerprint density at radius 2 is 1.74 bits per heavy atom. The van der Waals surface area contributed by atoms with E-state index in [4.69, 9.17) is 0 Å². The Labute approximate surface area is 117 Å². The summed E-state index contributed by atoms with van der Waals surface area (Å²) in [6, 6.07) is 18.4. The van der Waals surface area contributed by atoms with Gasteiger partial charge in [-0.3, -0.25) is 0 Å². The normalized spacial score (nSPS) is 10.6. The zero-order chi connectivity index (χ0) is 13.5. The number of hydrogen-bond acceptors (Lipinski definition) is 0. The summed E-state index contributed by atoms with van der Waals surface area (Å²) in [5.41, 5.74) is 5.82. The van der Waals surface area contributed by atoms with Gasteiger partial charge in [0.1, 0.15) is 0 Å². The Bertz CT molecular complexity index is 497. The maximum absolute atomic E-state index is 3.35. The molecule has 2 rings (SSSR count). The number of hydrogen-bond donors (Lipinski definition) is 0. The summed E-state index contributed by atoms with van der Waals surface area (Å²) in [7, 11) is 0. The molecule has 0 aromatic heterocycles. The molecule has 0 unspecified atom stereocenters. The fraction of sp³-hybridized carbons (Fsp3) is 0.368. The molecular weight excluding hydrogens is 228 g/mol. The smallest absolute Gasteiger partial charge is 0.0149 e. The summed E-state index contributed by atoms with van der Waals surface area (Å²) in [6.45, 7) is 4.44. The van der Waals surface area contributed by atoms with Gasteiger partial charge in [-0.05, 0) is 60.9 Å². The topological polar surface area (TPSA) is 0 Å². The van der Waals surface area contributed by atoms with Crippen LogP contribution >= 0.6 is 0 Å². The van der Waals surface area contributed by atoms with Crippen molar-refractivity contribution in [2.24, 2.45) is 0 Å². The molecule has 2 aromatic rings. The molecule has 0 atom stereocenters. The third kappa shape index (κ3) is 3.96. The highest BCUT2D eigenvalue weighted by Crippen LogP contribution is 2.18. The summed E-state index contributed by atoms with van der Waals surface area (Å²) in [5, 5.41) is 0. The predicted octanol–water partition coefficient (Wildman–Crippen LogP) is 4.92. The highest BCUT2D eigenvalue weighted by atomic mass is 14.1. The van der Waals surface area contributed by atoms with Gasteiger partial charge in [-0.25, -0.2) is 0 Å². The highest BCUT2D eigenvalue weighted by Gasteiger charge is 2.05. The largest absolute Gasteiger partial charge is 0.0651 e. The SMILES string of the molecule is CCCc1cc[c]c(C)c1CCCc1ccccc1. The molecule has 0 spiro atoms. The van der Waals surface area contributed by atoms with Crippen LogP contribution in [0.2, 0.25) is 0 Å². The Kier molecular flexibility index (Phi) is 5.20. The van der Waals surface area contributed by atoms with Crippen molar-refractivity contribution < 1.29 is 0 Å². The van der Waals surface area contributed by atoms with Crippen molar-refractivity contribution in [3.8, 4) is 0 Å². The third-order valence-corrected chi connectivity index (χ3v) is 3.68. The van der Waals surface area contributed by atoms with E-state index in [0.29, 0.717) is 0 Å². The quantitative estimate of drug-likeness (QED) is 0.683. The van der Waals surface area contributed by atoms with E-state index in [1.807, 2.05) is 0 Å². The maximum Gasteiger partial charge on any atom is -0.0149 e. The average molecular weight is 251 g/mol. The first-order chi connectivity index (χ1) is 9.31. The molecule has 0 saturated carbocycles. The molecule has 0 bridgehead atoms. The summed E-state index contributed by atoms with van der Waals surface area (Å²) >= 11 is 0. The van der Waals surface area contributed by atoms with Crippen LogP contribution in [0.4, 0.5) is 0 Å². The fourth-order valence-electron chi connectivity index (χ4n) is 2.66. The molecule has 19 heavy (non-hydrogen) atoms. The first-order valence-corrected chi connectivity index (χ1v) is 7.34. The second kappa shape index (κ2) is 7.13. The van der Waals surface area contributed by atoms with Crippen molar-refractivity contribution in [2.45, 2.75) is 46.0 Å². The van der Waals surface area contributed by atoms with E-state index in [1.165, 1.54) is 54.4 Å². The monoisotopic (exact) mass is 251 g/mol. The Hall–Kier alpha value is -1.56. The zero-order valence-corrected chi connectivity index (χ0v) is 12.1. The van der Waals surface area contributed by atoms with E-state index in [0.717, 1.165) is 0 Å². The van der Waals surface area contributed by atoms with Crippen molar-refractivity contribution >= 4 is 0 Å². The van der Waals surface area contributed by atoms with Crippen LogP contribution in [0, 0.1) is 13.0 Å². The van der Waals surface area contributed by atoms with E-state index in [1.54, 1.807) is 0 Å². The minimum atomic E-state index is 1.17. The summed E-state index contributed by atoms with van der Waals surface area (Å²) in [4.78, 5) is 0. The molecule has 0 amide bonds. The molecule has 0 heterocycles. The Morgan fingerprint density at radius 3 is 2.47 bits per heavy atom. The van der Waals surface area contributed by atoms with Crippen LogP contribution < -0.4 is 0 Å². The first kappa shape index (κ1) is 13.9. The van der Waals surface area contributed by atoms with Gasteiger partial charge in [-0.15, -0.1) is 0 Å². The highest BCUT2D eigenvalue weighted by molar-refractivity contribution is 5.34. The maximum atomic E-state index is 3.35. The van der Waals surface area contributed by atoms with Crippen molar-refractivity contribution in [1.29, 1.82) is 0 Å². The number of aryl methyl sites for hydroxylation is 3. The second-order valence-corrected chi connectivity index (χ2v) is 5.20. The van der Waals surface area contributed by atoms with E-state index in [-0.39, 0.29) is 0 Å². The molecular formula is C19H23. The van der Waals surface area contributed by atoms with Crippen LogP contribution in [0.1, 0.15) is 42.0 Å². The molecule has 0 aliphatic carbocycles. The van der Waals surface area contributed by atoms with Crippen molar-refractivity contribution in [2.75, 3.05) is 0 Å². The lowest BCUT2D eigenvalue weighted by Gasteiger charge is -2.12. The lowest BCUT2D eigenvalue weighted by atomic mass is 9.94. The summed E-state index contributed by atoms with van der Waals surface area (Å²) in [5.74, 6) is 0. The van der Waals surface area contributed by atoms with Crippen LogP contribution in [0.3, 0.4) is 0 Å². The van der Waals surface area contributed by atoms with E-state index < -0.39 is 0 Å². The molecule has 0 heteroatoms. The lowest BCUT2D eigenvalue weighted by molar-refractivity contribution is 0.795. The number of rotatable bonds is 6. The second-order valence-electron chi connectivity index (χ2n) is 5.20. The fourth-order valence-corrected chi connectivity index (χ4v) is 2.66. The molecule has 0 N–H and O–H groups in total. The average Bonchev–Trinajstić information content (AvgIpc) is 2.43. The zero-order valence-electron chi connectivity index (χ0n) is 12.1. The number of benzene rings is 2. The van der Waals surface area contributed by atoms with Gasteiger partial charge in [0.2, 0.25) is 0 Å². The molecule has 2 aromatic carbocycles. The summed E-state index contributed by atoms with van der Waals surface area (Å²) < 4.78 is 0. The minimum absolute atomic E-state index is 1.17. The van der Waals surface area contributed by atoms with Gasteiger partial charge in [0, 0.05) is 0 Å². The van der Waals surface area contributed by atoms with E-state index in [2.05, 4.69) is 62.4 Å². The lowest BCUT2D eigenvalue weighted by Crippen LogP contribution is -1.99. The van der Waals surface area contributed by atoms with Gasteiger partial charge in [0.15, 0.2) is 0 Å². The predicted molar refractivity (Wildman–Crippen MR) is 82.5 cm³/mol. The van der Waals surface area contributed by atoms with Crippen LogP contribution in [-0.2, 0) is 19.3 Å².